The predicted molar refractivity (Wildman–Crippen MR) is 164 cm³/mol. The molecule has 44 heavy (non-hydrogen) atoms. The Bertz CT molecular complexity index is 1660. The Hall–Kier alpha value is -4.29. The fraction of sp³-hybridized carbons (Fsp3) is 0.469. The lowest BCUT2D eigenvalue weighted by Crippen LogP contribution is -2.48. The quantitative estimate of drug-likeness (QED) is 0.293. The largest absolute Gasteiger partial charge is 0.465 e. The van der Waals surface area contributed by atoms with Crippen LogP contribution in [0.4, 0.5) is 4.79 Å². The lowest BCUT2D eigenvalue weighted by molar-refractivity contribution is -0.0587. The normalized spacial score (nSPS) is 20.6. The number of hydrogen-bond donors (Lipinski definition) is 2. The number of morpholine rings is 1. The molecule has 6 rings (SSSR count). The molecule has 2 aliphatic rings. The molecular weight excluding hydrogens is 562 g/mol. The topological polar surface area (TPSA) is 139 Å². The van der Waals surface area contributed by atoms with E-state index in [-0.39, 0.29) is 30.9 Å². The number of nitrogens with one attached hydrogen (secondary N) is 1. The van der Waals surface area contributed by atoms with Crippen molar-refractivity contribution < 1.29 is 24.2 Å². The molecule has 2 saturated heterocycles. The zero-order chi connectivity index (χ0) is 31.0. The van der Waals surface area contributed by atoms with E-state index in [1.165, 1.54) is 4.90 Å². The van der Waals surface area contributed by atoms with E-state index in [0.29, 0.717) is 43.5 Å². The number of nitrogens with zero attached hydrogens (tertiary/aromatic N) is 6. The summed E-state index contributed by atoms with van der Waals surface area (Å²) in [7, 11) is 0. The number of carboxylic acid groups (broad SMARTS) is 1. The standard InChI is InChI=1S/C32H39N7O5/c1-5-37(32(41)42)18-23-13-33-14-25(21(23)4)22-9-10-27-24(12-22)29(36-39(27)28-8-6-7-11-43-28)30-34-15-26(35-30)31(40)38-16-19(2)44-20(3)17-38/h9-10,12-15,19-20,28H,5-8,11,16-18H2,1-4H3,(H,34,35)(H,41,42)/t19-,20+,28?. The second kappa shape index (κ2) is 12.4. The SMILES string of the molecule is CCN(Cc1cncc(-c2ccc3c(c2)c(-c2ncc(C(=O)N4C[C@@H](C)O[C@@H](C)C4)[nH]2)nn3C2CCCCO2)c1C)C(=O)O. The van der Waals surface area contributed by atoms with Crippen molar-refractivity contribution in [3.8, 4) is 22.6 Å². The van der Waals surface area contributed by atoms with Gasteiger partial charge in [-0.1, -0.05) is 6.07 Å². The van der Waals surface area contributed by atoms with Crippen LogP contribution in [0.3, 0.4) is 0 Å². The monoisotopic (exact) mass is 601 g/mol. The van der Waals surface area contributed by atoms with Gasteiger partial charge in [0.1, 0.15) is 11.4 Å². The molecule has 2 fully saturated rings. The van der Waals surface area contributed by atoms with E-state index in [9.17, 15) is 14.7 Å². The van der Waals surface area contributed by atoms with Gasteiger partial charge in [-0.25, -0.2) is 14.5 Å². The maximum Gasteiger partial charge on any atom is 0.407 e. The maximum atomic E-state index is 13.4. The molecule has 1 aromatic carbocycles. The molecule has 0 aliphatic carbocycles. The first-order chi connectivity index (χ1) is 21.2. The third-order valence-electron chi connectivity index (χ3n) is 8.52. The van der Waals surface area contributed by atoms with Crippen LogP contribution in [0.25, 0.3) is 33.5 Å². The van der Waals surface area contributed by atoms with Gasteiger partial charge in [-0.05, 0) is 75.8 Å². The number of imidazole rings is 1. The number of pyridine rings is 1. The molecule has 2 N–H and O–H groups in total. The highest BCUT2D eigenvalue weighted by molar-refractivity contribution is 5.97. The minimum atomic E-state index is -0.963. The van der Waals surface area contributed by atoms with Gasteiger partial charge in [0.15, 0.2) is 12.1 Å². The van der Waals surface area contributed by atoms with Crippen LogP contribution in [0.1, 0.15) is 67.9 Å². The first-order valence-corrected chi connectivity index (χ1v) is 15.3. The number of fused-ring (bicyclic) bond motifs is 1. The number of carbonyl (C=O) groups excluding carboxylic acids is 1. The van der Waals surface area contributed by atoms with Gasteiger partial charge in [-0.2, -0.15) is 5.10 Å². The molecule has 3 atom stereocenters. The highest BCUT2D eigenvalue weighted by atomic mass is 16.5. The van der Waals surface area contributed by atoms with Crippen LogP contribution in [0.2, 0.25) is 0 Å². The van der Waals surface area contributed by atoms with Crippen LogP contribution in [-0.4, -0.2) is 90.1 Å². The first-order valence-electron chi connectivity index (χ1n) is 15.3. The number of aromatic amines is 1. The molecule has 0 bridgehead atoms. The van der Waals surface area contributed by atoms with Gasteiger partial charge in [0.25, 0.3) is 5.91 Å². The second-order valence-electron chi connectivity index (χ2n) is 11.7. The van der Waals surface area contributed by atoms with E-state index >= 15 is 0 Å². The number of hydrogen-bond acceptors (Lipinski definition) is 7. The number of carbonyl (C=O) groups is 2. The molecular formula is C32H39N7O5. The van der Waals surface area contributed by atoms with E-state index in [1.807, 2.05) is 44.5 Å². The van der Waals surface area contributed by atoms with Gasteiger partial charge >= 0.3 is 6.09 Å². The third kappa shape index (κ3) is 5.79. The smallest absolute Gasteiger partial charge is 0.407 e. The fourth-order valence-electron chi connectivity index (χ4n) is 6.22. The van der Waals surface area contributed by atoms with Gasteiger partial charge in [-0.3, -0.25) is 9.78 Å². The molecule has 12 heteroatoms. The Morgan fingerprint density at radius 3 is 2.64 bits per heavy atom. The second-order valence-corrected chi connectivity index (χ2v) is 11.7. The highest BCUT2D eigenvalue weighted by Crippen LogP contribution is 2.36. The Kier molecular flexibility index (Phi) is 8.37. The molecule has 0 saturated carbocycles. The summed E-state index contributed by atoms with van der Waals surface area (Å²) >= 11 is 0. The van der Waals surface area contributed by atoms with Gasteiger partial charge in [-0.15, -0.1) is 0 Å². The maximum absolute atomic E-state index is 13.4. The fourth-order valence-corrected chi connectivity index (χ4v) is 6.22. The van der Waals surface area contributed by atoms with E-state index in [2.05, 4.69) is 21.0 Å². The first kappa shape index (κ1) is 29.8. The zero-order valence-electron chi connectivity index (χ0n) is 25.6. The molecule has 4 aromatic rings. The van der Waals surface area contributed by atoms with Gasteiger partial charge in [0, 0.05) is 49.6 Å². The van der Waals surface area contributed by atoms with Crippen molar-refractivity contribution in [2.24, 2.45) is 0 Å². The summed E-state index contributed by atoms with van der Waals surface area (Å²) in [4.78, 5) is 40.5. The number of benzene rings is 1. The third-order valence-corrected chi connectivity index (χ3v) is 8.52. The summed E-state index contributed by atoms with van der Waals surface area (Å²) in [5.74, 6) is 0.384. The predicted octanol–water partition coefficient (Wildman–Crippen LogP) is 5.25. The molecule has 232 valence electrons. The van der Waals surface area contributed by atoms with Crippen LogP contribution in [0.15, 0.2) is 36.8 Å². The molecule has 0 spiro atoms. The lowest BCUT2D eigenvalue weighted by Gasteiger charge is -2.35. The minimum absolute atomic E-state index is 0.0377. The Labute approximate surface area is 256 Å². The average Bonchev–Trinajstić information content (AvgIpc) is 3.65. The average molecular weight is 602 g/mol. The molecule has 5 heterocycles. The molecule has 1 unspecified atom stereocenters. The summed E-state index contributed by atoms with van der Waals surface area (Å²) in [6, 6.07) is 6.13. The summed E-state index contributed by atoms with van der Waals surface area (Å²) in [5.41, 5.74) is 5.57. The van der Waals surface area contributed by atoms with E-state index in [4.69, 9.17) is 14.6 Å². The van der Waals surface area contributed by atoms with Crippen molar-refractivity contribution in [3.05, 3.63) is 53.6 Å². The van der Waals surface area contributed by atoms with Crippen molar-refractivity contribution in [2.45, 2.75) is 71.9 Å². The molecule has 2 aliphatic heterocycles. The summed E-state index contributed by atoms with van der Waals surface area (Å²) in [6.45, 7) is 10.1. The van der Waals surface area contributed by atoms with Gasteiger partial charge in [0.2, 0.25) is 0 Å². The van der Waals surface area contributed by atoms with Crippen molar-refractivity contribution in [1.82, 2.24) is 34.5 Å². The molecule has 2 amide bonds. The van der Waals surface area contributed by atoms with Crippen LogP contribution in [0.5, 0.6) is 0 Å². The zero-order valence-corrected chi connectivity index (χ0v) is 25.6. The van der Waals surface area contributed by atoms with Crippen LogP contribution < -0.4 is 0 Å². The van der Waals surface area contributed by atoms with E-state index in [0.717, 1.165) is 52.4 Å². The lowest BCUT2D eigenvalue weighted by atomic mass is 9.97. The number of rotatable bonds is 7. The number of ether oxygens (including phenoxy) is 2. The van der Waals surface area contributed by atoms with Crippen LogP contribution >= 0.6 is 0 Å². The Balaban J connectivity index is 1.40. The summed E-state index contributed by atoms with van der Waals surface area (Å²) < 4.78 is 13.8. The van der Waals surface area contributed by atoms with E-state index in [1.54, 1.807) is 23.5 Å². The van der Waals surface area contributed by atoms with Crippen molar-refractivity contribution in [3.63, 3.8) is 0 Å². The molecule has 12 nitrogen and oxygen atoms in total. The minimum Gasteiger partial charge on any atom is -0.465 e. The number of aromatic nitrogens is 5. The molecule has 0 radical (unpaired) electrons. The number of amides is 2. The van der Waals surface area contributed by atoms with Crippen molar-refractivity contribution >= 4 is 22.9 Å². The van der Waals surface area contributed by atoms with Crippen molar-refractivity contribution in [1.29, 1.82) is 0 Å². The Morgan fingerprint density at radius 1 is 1.14 bits per heavy atom. The van der Waals surface area contributed by atoms with Crippen LogP contribution in [0, 0.1) is 6.92 Å². The number of H-pyrrole nitrogens is 1. The van der Waals surface area contributed by atoms with E-state index < -0.39 is 6.09 Å². The van der Waals surface area contributed by atoms with Gasteiger partial charge < -0.3 is 29.4 Å². The summed E-state index contributed by atoms with van der Waals surface area (Å²) in [6.07, 6.45) is 6.81. The van der Waals surface area contributed by atoms with Crippen LogP contribution in [-0.2, 0) is 16.0 Å². The van der Waals surface area contributed by atoms with Crippen molar-refractivity contribution in [2.75, 3.05) is 26.2 Å². The Morgan fingerprint density at radius 2 is 1.93 bits per heavy atom. The summed E-state index contributed by atoms with van der Waals surface area (Å²) in [5, 5.41) is 15.4. The molecule has 3 aromatic heterocycles. The van der Waals surface area contributed by atoms with Gasteiger partial charge in [0.05, 0.1) is 30.5 Å². The highest BCUT2D eigenvalue weighted by Gasteiger charge is 2.29.